The third kappa shape index (κ3) is 8.04. The van der Waals surface area contributed by atoms with E-state index in [-0.39, 0.29) is 43.0 Å². The number of anilines is 1. The normalized spacial score (nSPS) is 13.1. The molecular formula is C31H36BrN3O6S. The minimum absolute atomic E-state index is 0.0330. The maximum atomic E-state index is 14.3. The summed E-state index contributed by atoms with van der Waals surface area (Å²) in [5, 5.41) is 2.99. The first kappa shape index (κ1) is 31.4. The van der Waals surface area contributed by atoms with E-state index in [9.17, 15) is 18.0 Å². The number of sulfonamides is 1. The second-order valence-electron chi connectivity index (χ2n) is 10.4. The summed E-state index contributed by atoms with van der Waals surface area (Å²) < 4.78 is 39.4. The molecule has 3 aromatic rings. The van der Waals surface area contributed by atoms with Gasteiger partial charge >= 0.3 is 0 Å². The first-order chi connectivity index (χ1) is 20.1. The van der Waals surface area contributed by atoms with Gasteiger partial charge in [-0.2, -0.15) is 0 Å². The van der Waals surface area contributed by atoms with Gasteiger partial charge in [-0.15, -0.1) is 0 Å². The van der Waals surface area contributed by atoms with Crippen LogP contribution in [0, 0.1) is 5.92 Å². The van der Waals surface area contributed by atoms with Crippen LogP contribution in [0.15, 0.2) is 77.3 Å². The highest BCUT2D eigenvalue weighted by atomic mass is 79.9. The molecule has 1 aliphatic heterocycles. The van der Waals surface area contributed by atoms with E-state index in [1.165, 1.54) is 11.8 Å². The molecule has 4 rings (SSSR count). The second-order valence-corrected chi connectivity index (χ2v) is 13.5. The van der Waals surface area contributed by atoms with Crippen LogP contribution >= 0.6 is 15.9 Å². The van der Waals surface area contributed by atoms with Crippen LogP contribution in [0.5, 0.6) is 11.5 Å². The highest BCUT2D eigenvalue weighted by Crippen LogP contribution is 2.36. The summed E-state index contributed by atoms with van der Waals surface area (Å²) in [6.07, 6.45) is 0.259. The Kier molecular flexibility index (Phi) is 10.5. The SMILES string of the molecule is CCS(=O)(=O)N(CC(=O)N(Cc1cccc(Br)c1)[C@@H](Cc1ccccc1)C(=O)NCC(C)C)c1ccc2c(c1)OCO2. The fourth-order valence-corrected chi connectivity index (χ4v) is 6.07. The molecule has 1 N–H and O–H groups in total. The van der Waals surface area contributed by atoms with Crippen molar-refractivity contribution in [2.75, 3.05) is 29.9 Å². The molecule has 1 heterocycles. The number of rotatable bonds is 13. The Morgan fingerprint density at radius 3 is 2.36 bits per heavy atom. The molecule has 0 aromatic heterocycles. The van der Waals surface area contributed by atoms with E-state index in [1.54, 1.807) is 18.2 Å². The molecule has 0 spiro atoms. The third-order valence-electron chi connectivity index (χ3n) is 6.82. The Balaban J connectivity index is 1.74. The molecule has 42 heavy (non-hydrogen) atoms. The number of hydrogen-bond donors (Lipinski definition) is 1. The highest BCUT2D eigenvalue weighted by molar-refractivity contribution is 9.10. The lowest BCUT2D eigenvalue weighted by molar-refractivity contribution is -0.140. The number of carbonyl (C=O) groups excluding carboxylic acids is 2. The molecule has 0 radical (unpaired) electrons. The van der Waals surface area contributed by atoms with Gasteiger partial charge in [-0.1, -0.05) is 72.2 Å². The predicted octanol–water partition coefficient (Wildman–Crippen LogP) is 4.75. The van der Waals surface area contributed by atoms with E-state index in [4.69, 9.17) is 9.47 Å². The summed E-state index contributed by atoms with van der Waals surface area (Å²) in [5.41, 5.74) is 1.95. The first-order valence-corrected chi connectivity index (χ1v) is 16.2. The van der Waals surface area contributed by atoms with E-state index in [1.807, 2.05) is 68.4 Å². The Morgan fingerprint density at radius 1 is 0.952 bits per heavy atom. The monoisotopic (exact) mass is 657 g/mol. The topological polar surface area (TPSA) is 105 Å². The Morgan fingerprint density at radius 2 is 1.67 bits per heavy atom. The molecule has 224 valence electrons. The average molecular weight is 659 g/mol. The molecule has 1 atom stereocenters. The first-order valence-electron chi connectivity index (χ1n) is 13.8. The van der Waals surface area contributed by atoms with Crippen LogP contribution < -0.4 is 19.1 Å². The van der Waals surface area contributed by atoms with Crippen LogP contribution in [-0.4, -0.2) is 56.8 Å². The predicted molar refractivity (Wildman–Crippen MR) is 166 cm³/mol. The smallest absolute Gasteiger partial charge is 0.244 e. The van der Waals surface area contributed by atoms with E-state index in [2.05, 4.69) is 21.2 Å². The zero-order valence-electron chi connectivity index (χ0n) is 24.0. The number of carbonyl (C=O) groups is 2. The van der Waals surface area contributed by atoms with Gasteiger partial charge in [0.1, 0.15) is 12.6 Å². The number of benzene rings is 3. The molecule has 0 saturated carbocycles. The van der Waals surface area contributed by atoms with Gasteiger partial charge in [0, 0.05) is 30.0 Å². The van der Waals surface area contributed by atoms with Crippen LogP contribution in [0.25, 0.3) is 0 Å². The lowest BCUT2D eigenvalue weighted by Crippen LogP contribution is -2.53. The maximum absolute atomic E-state index is 14.3. The number of fused-ring (bicyclic) bond motifs is 1. The van der Waals surface area contributed by atoms with Crippen molar-refractivity contribution < 1.29 is 27.5 Å². The number of ether oxygens (including phenoxy) is 2. The summed E-state index contributed by atoms with van der Waals surface area (Å²) in [6.45, 7) is 5.60. The van der Waals surface area contributed by atoms with Crippen LogP contribution in [0.4, 0.5) is 5.69 Å². The zero-order valence-corrected chi connectivity index (χ0v) is 26.4. The molecule has 11 heteroatoms. The van der Waals surface area contributed by atoms with Gasteiger partial charge in [-0.05, 0) is 48.2 Å². The lowest BCUT2D eigenvalue weighted by atomic mass is 10.0. The molecule has 2 amide bonds. The van der Waals surface area contributed by atoms with Crippen LogP contribution in [0.2, 0.25) is 0 Å². The molecule has 0 saturated heterocycles. The summed E-state index contributed by atoms with van der Waals surface area (Å²) in [4.78, 5) is 29.5. The van der Waals surface area contributed by atoms with Gasteiger partial charge in [0.05, 0.1) is 11.4 Å². The van der Waals surface area contributed by atoms with E-state index in [0.717, 1.165) is 19.9 Å². The molecule has 1 aliphatic rings. The summed E-state index contributed by atoms with van der Waals surface area (Å²) in [6, 6.07) is 20.8. The largest absolute Gasteiger partial charge is 0.454 e. The Bertz CT molecular complexity index is 1500. The standard InChI is InChI=1S/C31H36BrN3O6S/c1-4-42(38,39)35(26-13-14-28-29(17-26)41-21-40-28)20-30(36)34(19-24-11-8-12-25(32)15-24)27(31(37)33-18-22(2)3)16-23-9-6-5-7-10-23/h5-15,17,22,27H,4,16,18-21H2,1-3H3,(H,33,37)/t27-/m0/s1. The quantitative estimate of drug-likeness (QED) is 0.285. The van der Waals surface area contributed by atoms with E-state index in [0.29, 0.717) is 18.0 Å². The minimum atomic E-state index is -3.88. The zero-order chi connectivity index (χ0) is 30.3. The highest BCUT2D eigenvalue weighted by Gasteiger charge is 2.34. The van der Waals surface area contributed by atoms with Crippen LogP contribution in [0.3, 0.4) is 0 Å². The summed E-state index contributed by atoms with van der Waals surface area (Å²) in [7, 11) is -3.88. The van der Waals surface area contributed by atoms with Crippen molar-refractivity contribution in [1.82, 2.24) is 10.2 Å². The number of amides is 2. The number of hydrogen-bond acceptors (Lipinski definition) is 6. The van der Waals surface area contributed by atoms with Crippen molar-refractivity contribution in [1.29, 1.82) is 0 Å². The molecule has 3 aromatic carbocycles. The van der Waals surface area contributed by atoms with Crippen molar-refractivity contribution in [3.8, 4) is 11.5 Å². The van der Waals surface area contributed by atoms with Crippen LogP contribution in [0.1, 0.15) is 31.9 Å². The number of nitrogens with zero attached hydrogens (tertiary/aromatic N) is 2. The second kappa shape index (κ2) is 14.1. The summed E-state index contributed by atoms with van der Waals surface area (Å²) >= 11 is 3.49. The van der Waals surface area contributed by atoms with Gasteiger partial charge in [0.25, 0.3) is 0 Å². The van der Waals surface area contributed by atoms with Gasteiger partial charge in [-0.25, -0.2) is 8.42 Å². The maximum Gasteiger partial charge on any atom is 0.244 e. The molecule has 0 aliphatic carbocycles. The molecule has 9 nitrogen and oxygen atoms in total. The van der Waals surface area contributed by atoms with E-state index >= 15 is 0 Å². The fraction of sp³-hybridized carbons (Fsp3) is 0.355. The van der Waals surface area contributed by atoms with Crippen molar-refractivity contribution in [2.45, 2.75) is 39.8 Å². The van der Waals surface area contributed by atoms with Crippen molar-refractivity contribution in [3.05, 3.63) is 88.4 Å². The lowest BCUT2D eigenvalue weighted by Gasteiger charge is -2.34. The fourth-order valence-electron chi connectivity index (χ4n) is 4.57. The van der Waals surface area contributed by atoms with Crippen LogP contribution in [-0.2, 0) is 32.6 Å². The number of nitrogens with one attached hydrogen (secondary N) is 1. The van der Waals surface area contributed by atoms with Crippen molar-refractivity contribution in [2.24, 2.45) is 5.92 Å². The minimum Gasteiger partial charge on any atom is -0.454 e. The Hall–Kier alpha value is -3.57. The molecular weight excluding hydrogens is 622 g/mol. The summed E-state index contributed by atoms with van der Waals surface area (Å²) in [5.74, 6) is 0.0750. The van der Waals surface area contributed by atoms with Gasteiger partial charge in [0.2, 0.25) is 28.6 Å². The molecule has 0 fully saturated rings. The van der Waals surface area contributed by atoms with Gasteiger partial charge in [-0.3, -0.25) is 13.9 Å². The third-order valence-corrected chi connectivity index (χ3v) is 9.06. The molecule has 0 unspecified atom stereocenters. The van der Waals surface area contributed by atoms with E-state index < -0.39 is 28.5 Å². The van der Waals surface area contributed by atoms with Gasteiger partial charge < -0.3 is 19.7 Å². The molecule has 0 bridgehead atoms. The van der Waals surface area contributed by atoms with Crippen molar-refractivity contribution in [3.63, 3.8) is 0 Å². The number of halogens is 1. The van der Waals surface area contributed by atoms with Gasteiger partial charge in [0.15, 0.2) is 11.5 Å². The van der Waals surface area contributed by atoms with Crippen molar-refractivity contribution >= 4 is 43.5 Å². The Labute approximate surface area is 256 Å². The average Bonchev–Trinajstić information content (AvgIpc) is 3.45.